The predicted molar refractivity (Wildman–Crippen MR) is 86.7 cm³/mol. The van der Waals surface area contributed by atoms with E-state index in [1.807, 2.05) is 0 Å². The van der Waals surface area contributed by atoms with Gasteiger partial charge in [0.15, 0.2) is 10.9 Å². The molecule has 2 amide bonds. The zero-order chi connectivity index (χ0) is 17.5. The maximum atomic E-state index is 12.3. The van der Waals surface area contributed by atoms with Crippen molar-refractivity contribution in [2.45, 2.75) is 6.42 Å². The fourth-order valence-electron chi connectivity index (χ4n) is 2.14. The third kappa shape index (κ3) is 4.44. The van der Waals surface area contributed by atoms with Crippen LogP contribution in [0.2, 0.25) is 0 Å². The molecule has 0 aliphatic carbocycles. The molecular weight excluding hydrogens is 336 g/mol. The molecule has 0 aromatic carbocycles. The van der Waals surface area contributed by atoms with Crippen molar-refractivity contribution in [2.75, 3.05) is 33.3 Å². The van der Waals surface area contributed by atoms with Crippen molar-refractivity contribution < 1.29 is 23.5 Å². The van der Waals surface area contributed by atoms with Crippen LogP contribution in [-0.2, 0) is 14.3 Å². The maximum absolute atomic E-state index is 12.3. The molecule has 0 saturated carbocycles. The van der Waals surface area contributed by atoms with Gasteiger partial charge >= 0.3 is 5.97 Å². The number of thiocarbonyl (C=S) groups is 1. The number of nitrogens with one attached hydrogen (secondary N) is 2. The molecule has 1 aromatic heterocycles. The number of hydrazine groups is 1. The maximum Gasteiger partial charge on any atom is 0.325 e. The number of rotatable bonds is 5. The highest BCUT2D eigenvalue weighted by Gasteiger charge is 2.29. The lowest BCUT2D eigenvalue weighted by atomic mass is 10.4. The normalized spacial score (nSPS) is 13.5. The average molecular weight is 354 g/mol. The summed E-state index contributed by atoms with van der Waals surface area (Å²) in [6.45, 7) is 0.763. The lowest BCUT2D eigenvalue weighted by Gasteiger charge is -2.30. The van der Waals surface area contributed by atoms with E-state index in [-0.39, 0.29) is 29.9 Å². The lowest BCUT2D eigenvalue weighted by molar-refractivity contribution is -0.139. The number of furan rings is 1. The number of methoxy groups -OCH3 is 1. The summed E-state index contributed by atoms with van der Waals surface area (Å²) < 4.78 is 9.48. The van der Waals surface area contributed by atoms with E-state index in [4.69, 9.17) is 16.6 Å². The SMILES string of the molecule is COC(=O)CNC(=S)N1CCCN1C(=O)CNC(=O)c1ccco1. The van der Waals surface area contributed by atoms with E-state index in [9.17, 15) is 14.4 Å². The van der Waals surface area contributed by atoms with Crippen LogP contribution >= 0.6 is 12.2 Å². The molecule has 1 aliphatic rings. The molecule has 0 radical (unpaired) electrons. The minimum absolute atomic E-state index is 0.0803. The quantitative estimate of drug-likeness (QED) is 0.539. The van der Waals surface area contributed by atoms with Gasteiger partial charge in [0.25, 0.3) is 11.8 Å². The number of hydrogen-bond donors (Lipinski definition) is 2. The number of carbonyl (C=O) groups excluding carboxylic acids is 3. The van der Waals surface area contributed by atoms with Gasteiger partial charge in [0.2, 0.25) is 0 Å². The molecule has 1 saturated heterocycles. The third-order valence-electron chi connectivity index (χ3n) is 3.31. The molecular formula is C14H18N4O5S. The van der Waals surface area contributed by atoms with Gasteiger partial charge in [-0.05, 0) is 30.8 Å². The Kier molecular flexibility index (Phi) is 6.13. The van der Waals surface area contributed by atoms with Gasteiger partial charge in [-0.25, -0.2) is 0 Å². The van der Waals surface area contributed by atoms with Crippen LogP contribution < -0.4 is 10.6 Å². The Morgan fingerprint density at radius 2 is 2.00 bits per heavy atom. The van der Waals surface area contributed by atoms with E-state index in [1.165, 1.54) is 24.4 Å². The number of amides is 2. The topological polar surface area (TPSA) is 104 Å². The predicted octanol–water partition coefficient (Wildman–Crippen LogP) is -0.494. The standard InChI is InChI=1S/C14H18N4O5S/c1-22-12(20)9-16-14(24)18-6-3-5-17(18)11(19)8-15-13(21)10-4-2-7-23-10/h2,4,7H,3,5-6,8-9H2,1H3,(H,15,21)(H,16,24). The van der Waals surface area contributed by atoms with Crippen molar-refractivity contribution in [1.29, 1.82) is 0 Å². The monoisotopic (exact) mass is 354 g/mol. The second-order valence-electron chi connectivity index (χ2n) is 4.89. The summed E-state index contributed by atoms with van der Waals surface area (Å²) in [5, 5.41) is 8.49. The van der Waals surface area contributed by atoms with Crippen molar-refractivity contribution in [2.24, 2.45) is 0 Å². The fourth-order valence-corrected chi connectivity index (χ4v) is 2.40. The van der Waals surface area contributed by atoms with E-state index >= 15 is 0 Å². The smallest absolute Gasteiger partial charge is 0.325 e. The summed E-state index contributed by atoms with van der Waals surface area (Å²) in [5.74, 6) is -1.10. The first-order valence-electron chi connectivity index (χ1n) is 7.27. The Morgan fingerprint density at radius 3 is 2.67 bits per heavy atom. The summed E-state index contributed by atoms with van der Waals surface area (Å²) >= 11 is 5.19. The van der Waals surface area contributed by atoms with Crippen molar-refractivity contribution in [3.63, 3.8) is 0 Å². The highest BCUT2D eigenvalue weighted by Crippen LogP contribution is 2.11. The first kappa shape index (κ1) is 17.7. The van der Waals surface area contributed by atoms with E-state index < -0.39 is 11.9 Å². The van der Waals surface area contributed by atoms with Gasteiger partial charge < -0.3 is 19.8 Å². The molecule has 0 atom stereocenters. The number of ether oxygens (including phenoxy) is 1. The first-order chi connectivity index (χ1) is 11.5. The molecule has 1 fully saturated rings. The lowest BCUT2D eigenvalue weighted by Crippen LogP contribution is -2.52. The van der Waals surface area contributed by atoms with Crippen molar-refractivity contribution in [1.82, 2.24) is 20.7 Å². The van der Waals surface area contributed by atoms with Gasteiger partial charge in [0, 0.05) is 13.1 Å². The summed E-state index contributed by atoms with van der Waals surface area (Å²) in [6, 6.07) is 3.10. The minimum Gasteiger partial charge on any atom is -0.468 e. The van der Waals surface area contributed by atoms with Gasteiger partial charge in [-0.2, -0.15) is 0 Å². The highest BCUT2D eigenvalue weighted by molar-refractivity contribution is 7.80. The van der Waals surface area contributed by atoms with Crippen LogP contribution in [0, 0.1) is 0 Å². The molecule has 2 N–H and O–H groups in total. The Morgan fingerprint density at radius 1 is 1.25 bits per heavy atom. The highest BCUT2D eigenvalue weighted by atomic mass is 32.1. The summed E-state index contributed by atoms with van der Waals surface area (Å²) in [7, 11) is 1.28. The summed E-state index contributed by atoms with van der Waals surface area (Å²) in [5.41, 5.74) is 0. The van der Waals surface area contributed by atoms with Gasteiger partial charge in [-0.3, -0.25) is 24.4 Å². The molecule has 2 rings (SSSR count). The molecule has 0 spiro atoms. The number of esters is 1. The molecule has 1 aromatic rings. The Labute approximate surface area is 143 Å². The fraction of sp³-hybridized carbons (Fsp3) is 0.429. The number of hydrogen-bond acceptors (Lipinski definition) is 6. The largest absolute Gasteiger partial charge is 0.468 e. The second-order valence-corrected chi connectivity index (χ2v) is 5.28. The molecule has 2 heterocycles. The molecule has 1 aliphatic heterocycles. The Bertz CT molecular complexity index is 619. The van der Waals surface area contributed by atoms with Crippen LogP contribution in [-0.4, -0.2) is 66.2 Å². The van der Waals surface area contributed by atoms with E-state index in [1.54, 1.807) is 11.1 Å². The molecule has 130 valence electrons. The first-order valence-corrected chi connectivity index (χ1v) is 7.68. The molecule has 10 heteroatoms. The number of carbonyl (C=O) groups is 3. The van der Waals surface area contributed by atoms with Gasteiger partial charge in [-0.15, -0.1) is 0 Å². The van der Waals surface area contributed by atoms with Crippen LogP contribution in [0.4, 0.5) is 0 Å². The van der Waals surface area contributed by atoms with E-state index in [2.05, 4.69) is 15.4 Å². The van der Waals surface area contributed by atoms with Crippen LogP contribution in [0.3, 0.4) is 0 Å². The van der Waals surface area contributed by atoms with Crippen LogP contribution in [0.5, 0.6) is 0 Å². The summed E-state index contributed by atoms with van der Waals surface area (Å²) in [4.78, 5) is 35.2. The molecule has 24 heavy (non-hydrogen) atoms. The number of nitrogens with zero attached hydrogens (tertiary/aromatic N) is 2. The molecule has 9 nitrogen and oxygen atoms in total. The Balaban J connectivity index is 1.85. The van der Waals surface area contributed by atoms with Crippen molar-refractivity contribution in [3.05, 3.63) is 24.2 Å². The van der Waals surface area contributed by atoms with Crippen molar-refractivity contribution in [3.8, 4) is 0 Å². The molecule has 0 unspecified atom stereocenters. The second kappa shape index (κ2) is 8.29. The van der Waals surface area contributed by atoms with Gasteiger partial charge in [0.1, 0.15) is 6.54 Å². The molecule has 0 bridgehead atoms. The van der Waals surface area contributed by atoms with Crippen LogP contribution in [0.25, 0.3) is 0 Å². The summed E-state index contributed by atoms with van der Waals surface area (Å²) in [6.07, 6.45) is 2.11. The zero-order valence-corrected chi connectivity index (χ0v) is 13.9. The average Bonchev–Trinajstić information content (AvgIpc) is 3.28. The zero-order valence-electron chi connectivity index (χ0n) is 13.1. The Hall–Kier alpha value is -2.62. The van der Waals surface area contributed by atoms with Crippen LogP contribution in [0.15, 0.2) is 22.8 Å². The van der Waals surface area contributed by atoms with Crippen LogP contribution in [0.1, 0.15) is 17.0 Å². The van der Waals surface area contributed by atoms with E-state index in [0.717, 1.165) is 6.42 Å². The minimum atomic E-state index is -0.467. The van der Waals surface area contributed by atoms with E-state index in [0.29, 0.717) is 13.1 Å². The van der Waals surface area contributed by atoms with Gasteiger partial charge in [0.05, 0.1) is 19.9 Å². The third-order valence-corrected chi connectivity index (χ3v) is 3.67. The van der Waals surface area contributed by atoms with Gasteiger partial charge in [-0.1, -0.05) is 0 Å². The van der Waals surface area contributed by atoms with Crippen molar-refractivity contribution >= 4 is 35.1 Å².